The zero-order valence-electron chi connectivity index (χ0n) is 13.7. The van der Waals surface area contributed by atoms with Gasteiger partial charge in [-0.25, -0.2) is 0 Å². The molecule has 0 radical (unpaired) electrons. The van der Waals surface area contributed by atoms with E-state index in [0.717, 1.165) is 29.7 Å². The van der Waals surface area contributed by atoms with E-state index in [9.17, 15) is 0 Å². The summed E-state index contributed by atoms with van der Waals surface area (Å²) in [5.41, 5.74) is 4.32. The standard InChI is InChI=1S/C20H29N/c1-12-4-5-13(2)19(6-12)14(3)21-20-17-8-15-7-16(10-17)11-18(20)9-15/h4-6,14-18,20-21H,7-11H2,1-3H3. The second-order valence-corrected chi connectivity index (χ2v) is 8.20. The molecule has 1 atom stereocenters. The van der Waals surface area contributed by atoms with E-state index in [0.29, 0.717) is 6.04 Å². The summed E-state index contributed by atoms with van der Waals surface area (Å²) >= 11 is 0. The quantitative estimate of drug-likeness (QED) is 0.842. The van der Waals surface area contributed by atoms with Crippen molar-refractivity contribution < 1.29 is 0 Å². The molecule has 0 heterocycles. The van der Waals surface area contributed by atoms with Gasteiger partial charge in [-0.2, -0.15) is 0 Å². The lowest BCUT2D eigenvalue weighted by Crippen LogP contribution is -2.54. The van der Waals surface area contributed by atoms with E-state index >= 15 is 0 Å². The number of rotatable bonds is 3. The molecule has 5 rings (SSSR count). The molecule has 4 saturated carbocycles. The number of benzene rings is 1. The molecule has 1 aromatic rings. The molecule has 4 aliphatic rings. The van der Waals surface area contributed by atoms with Gasteiger partial charge in [-0.1, -0.05) is 23.8 Å². The molecule has 1 aromatic carbocycles. The Bertz CT molecular complexity index is 505. The molecule has 1 N–H and O–H groups in total. The Morgan fingerprint density at radius 3 is 2.19 bits per heavy atom. The van der Waals surface area contributed by atoms with E-state index in [2.05, 4.69) is 44.3 Å². The van der Waals surface area contributed by atoms with E-state index in [-0.39, 0.29) is 0 Å². The monoisotopic (exact) mass is 283 g/mol. The van der Waals surface area contributed by atoms with E-state index in [1.165, 1.54) is 42.4 Å². The fraction of sp³-hybridized carbons (Fsp3) is 0.700. The van der Waals surface area contributed by atoms with Gasteiger partial charge in [0.15, 0.2) is 0 Å². The summed E-state index contributed by atoms with van der Waals surface area (Å²) in [4.78, 5) is 0. The minimum atomic E-state index is 0.493. The highest BCUT2D eigenvalue weighted by atomic mass is 15.0. The van der Waals surface area contributed by atoms with Crippen LogP contribution in [0.25, 0.3) is 0 Å². The molecule has 21 heavy (non-hydrogen) atoms. The molecule has 4 aliphatic carbocycles. The summed E-state index contributed by atoms with van der Waals surface area (Å²) in [6.45, 7) is 6.83. The zero-order valence-corrected chi connectivity index (χ0v) is 13.7. The highest BCUT2D eigenvalue weighted by Gasteiger charge is 2.48. The minimum Gasteiger partial charge on any atom is -0.307 e. The summed E-state index contributed by atoms with van der Waals surface area (Å²) < 4.78 is 0. The molecule has 1 unspecified atom stereocenters. The smallest absolute Gasteiger partial charge is 0.0297 e. The van der Waals surface area contributed by atoms with Crippen molar-refractivity contribution in [3.05, 3.63) is 34.9 Å². The van der Waals surface area contributed by atoms with Crippen LogP contribution in [0.15, 0.2) is 18.2 Å². The first-order chi connectivity index (χ1) is 10.1. The first-order valence-corrected chi connectivity index (χ1v) is 8.93. The second-order valence-electron chi connectivity index (χ2n) is 8.20. The second kappa shape index (κ2) is 5.12. The lowest BCUT2D eigenvalue weighted by molar-refractivity contribution is -0.0171. The van der Waals surface area contributed by atoms with Crippen LogP contribution in [-0.4, -0.2) is 6.04 Å². The van der Waals surface area contributed by atoms with Gasteiger partial charge in [0, 0.05) is 12.1 Å². The highest BCUT2D eigenvalue weighted by molar-refractivity contribution is 5.32. The van der Waals surface area contributed by atoms with Crippen LogP contribution in [0.4, 0.5) is 0 Å². The molecule has 1 heteroatoms. The average Bonchev–Trinajstić information content (AvgIpc) is 2.44. The maximum Gasteiger partial charge on any atom is 0.0297 e. The molecule has 0 spiro atoms. The fourth-order valence-corrected chi connectivity index (χ4v) is 5.80. The number of hydrogen-bond donors (Lipinski definition) is 1. The third-order valence-electron chi connectivity index (χ3n) is 6.57. The highest BCUT2D eigenvalue weighted by Crippen LogP contribution is 2.54. The van der Waals surface area contributed by atoms with Gasteiger partial charge in [-0.05, 0) is 87.7 Å². The Morgan fingerprint density at radius 1 is 0.952 bits per heavy atom. The Morgan fingerprint density at radius 2 is 1.57 bits per heavy atom. The lowest BCUT2D eigenvalue weighted by atomic mass is 9.54. The van der Waals surface area contributed by atoms with Crippen LogP contribution in [0.1, 0.15) is 61.8 Å². The molecular formula is C20H29N. The Labute approximate surface area is 129 Å². The fourth-order valence-electron chi connectivity index (χ4n) is 5.80. The van der Waals surface area contributed by atoms with E-state index in [1.54, 1.807) is 6.42 Å². The Balaban J connectivity index is 1.52. The third-order valence-corrected chi connectivity index (χ3v) is 6.57. The van der Waals surface area contributed by atoms with Crippen molar-refractivity contribution in [1.82, 2.24) is 5.32 Å². The first-order valence-electron chi connectivity index (χ1n) is 8.93. The summed E-state index contributed by atoms with van der Waals surface area (Å²) in [5.74, 6) is 4.07. The number of aryl methyl sites for hydroxylation is 2. The van der Waals surface area contributed by atoms with Crippen LogP contribution in [0.5, 0.6) is 0 Å². The topological polar surface area (TPSA) is 12.0 Å². The van der Waals surface area contributed by atoms with Crippen LogP contribution in [0.2, 0.25) is 0 Å². The SMILES string of the molecule is Cc1ccc(C)c(C(C)NC2C3CC4CC(C3)CC2C4)c1. The maximum absolute atomic E-state index is 4.05. The lowest BCUT2D eigenvalue weighted by Gasteiger charge is -2.55. The zero-order chi connectivity index (χ0) is 14.6. The third kappa shape index (κ3) is 2.44. The van der Waals surface area contributed by atoms with Gasteiger partial charge in [-0.15, -0.1) is 0 Å². The van der Waals surface area contributed by atoms with Gasteiger partial charge in [0.2, 0.25) is 0 Å². The molecule has 0 aliphatic heterocycles. The summed E-state index contributed by atoms with van der Waals surface area (Å²) in [6.07, 6.45) is 7.56. The predicted molar refractivity (Wildman–Crippen MR) is 88.3 cm³/mol. The van der Waals surface area contributed by atoms with Crippen LogP contribution < -0.4 is 5.32 Å². The summed E-state index contributed by atoms with van der Waals surface area (Å²) in [7, 11) is 0. The van der Waals surface area contributed by atoms with Crippen molar-refractivity contribution in [2.75, 3.05) is 0 Å². The summed E-state index contributed by atoms with van der Waals surface area (Å²) in [6, 6.07) is 8.16. The van der Waals surface area contributed by atoms with Crippen molar-refractivity contribution >= 4 is 0 Å². The van der Waals surface area contributed by atoms with Crippen molar-refractivity contribution in [2.45, 2.75) is 65.0 Å². The first kappa shape index (κ1) is 13.8. The van der Waals surface area contributed by atoms with Crippen LogP contribution in [0, 0.1) is 37.5 Å². The van der Waals surface area contributed by atoms with E-state index in [4.69, 9.17) is 0 Å². The molecule has 0 aromatic heterocycles. The van der Waals surface area contributed by atoms with Gasteiger partial charge in [0.1, 0.15) is 0 Å². The number of nitrogens with one attached hydrogen (secondary N) is 1. The van der Waals surface area contributed by atoms with Crippen LogP contribution in [0.3, 0.4) is 0 Å². The van der Waals surface area contributed by atoms with Crippen LogP contribution >= 0.6 is 0 Å². The Hall–Kier alpha value is -0.820. The van der Waals surface area contributed by atoms with Gasteiger partial charge < -0.3 is 5.32 Å². The van der Waals surface area contributed by atoms with Crippen LogP contribution in [-0.2, 0) is 0 Å². The van der Waals surface area contributed by atoms with E-state index < -0.39 is 0 Å². The molecule has 114 valence electrons. The largest absolute Gasteiger partial charge is 0.307 e. The minimum absolute atomic E-state index is 0.493. The molecule has 4 bridgehead atoms. The van der Waals surface area contributed by atoms with E-state index in [1.807, 2.05) is 0 Å². The molecular weight excluding hydrogens is 254 g/mol. The van der Waals surface area contributed by atoms with Gasteiger partial charge in [0.05, 0.1) is 0 Å². The molecule has 0 saturated heterocycles. The van der Waals surface area contributed by atoms with Gasteiger partial charge >= 0.3 is 0 Å². The summed E-state index contributed by atoms with van der Waals surface area (Å²) in [5, 5.41) is 4.05. The predicted octanol–water partition coefficient (Wildman–Crippen LogP) is 4.78. The number of hydrogen-bond acceptors (Lipinski definition) is 1. The van der Waals surface area contributed by atoms with Gasteiger partial charge in [-0.3, -0.25) is 0 Å². The van der Waals surface area contributed by atoms with Gasteiger partial charge in [0.25, 0.3) is 0 Å². The normalized spacial score (nSPS) is 38.7. The van der Waals surface area contributed by atoms with Crippen molar-refractivity contribution in [1.29, 1.82) is 0 Å². The maximum atomic E-state index is 4.05. The van der Waals surface area contributed by atoms with Crippen molar-refractivity contribution in [3.8, 4) is 0 Å². The Kier molecular flexibility index (Phi) is 3.37. The molecule has 4 fully saturated rings. The average molecular weight is 283 g/mol. The van der Waals surface area contributed by atoms with Crippen molar-refractivity contribution in [2.24, 2.45) is 23.7 Å². The molecule has 1 nitrogen and oxygen atoms in total. The molecule has 0 amide bonds. The van der Waals surface area contributed by atoms with Crippen molar-refractivity contribution in [3.63, 3.8) is 0 Å².